The molecule has 0 aliphatic carbocycles. The van der Waals surface area contributed by atoms with Gasteiger partial charge in [-0.25, -0.2) is 4.79 Å². The van der Waals surface area contributed by atoms with Crippen LogP contribution in [0.15, 0.2) is 29.3 Å². The second-order valence-corrected chi connectivity index (χ2v) is 3.50. The molecule has 1 atom stereocenters. The first-order valence-electron chi connectivity index (χ1n) is 5.34. The van der Waals surface area contributed by atoms with Gasteiger partial charge < -0.3 is 14.5 Å². The van der Waals surface area contributed by atoms with Gasteiger partial charge in [0.15, 0.2) is 6.23 Å². The fraction of sp³-hybridized carbons (Fsp3) is 0.273. The third-order valence-corrected chi connectivity index (χ3v) is 2.07. The molecule has 19 heavy (non-hydrogen) atoms. The Morgan fingerprint density at radius 2 is 2.11 bits per heavy atom. The average molecular weight is 267 g/mol. The van der Waals surface area contributed by atoms with Gasteiger partial charge in [-0.05, 0) is 18.9 Å². The Morgan fingerprint density at radius 1 is 1.47 bits per heavy atom. The van der Waals surface area contributed by atoms with Crippen molar-refractivity contribution < 1.29 is 19.2 Å². The van der Waals surface area contributed by atoms with Gasteiger partial charge in [-0.3, -0.25) is 15.8 Å². The number of nitrogens with two attached hydrogens (primary N) is 1. The summed E-state index contributed by atoms with van der Waals surface area (Å²) >= 11 is 0. The van der Waals surface area contributed by atoms with Crippen molar-refractivity contribution in [3.05, 3.63) is 34.4 Å². The van der Waals surface area contributed by atoms with Gasteiger partial charge in [-0.15, -0.1) is 0 Å². The maximum atomic E-state index is 11.3. The molecule has 8 nitrogen and oxygen atoms in total. The number of hydrogen-bond acceptors (Lipinski definition) is 7. The third-order valence-electron chi connectivity index (χ3n) is 2.07. The molecule has 1 rings (SSSR count). The molecule has 0 aliphatic rings. The number of benzene rings is 1. The highest BCUT2D eigenvalue weighted by atomic mass is 16.7. The molecule has 0 saturated carbocycles. The molecule has 102 valence electrons. The van der Waals surface area contributed by atoms with Crippen LogP contribution in [0, 0.1) is 10.1 Å². The molecule has 8 heteroatoms. The number of non-ortho nitro benzene ring substituents is 1. The molecule has 0 radical (unpaired) electrons. The highest BCUT2D eigenvalue weighted by Crippen LogP contribution is 2.17. The molecule has 0 aliphatic heterocycles. The summed E-state index contributed by atoms with van der Waals surface area (Å²) in [4.78, 5) is 24.7. The second kappa shape index (κ2) is 7.07. The Morgan fingerprint density at radius 3 is 2.63 bits per heavy atom. The lowest BCUT2D eigenvalue weighted by Crippen LogP contribution is -2.29. The van der Waals surface area contributed by atoms with E-state index in [2.05, 4.69) is 11.7 Å². The zero-order valence-electron chi connectivity index (χ0n) is 10.0. The van der Waals surface area contributed by atoms with Crippen molar-refractivity contribution in [2.75, 3.05) is 6.54 Å². The van der Waals surface area contributed by atoms with Crippen molar-refractivity contribution in [1.82, 2.24) is 0 Å². The zero-order chi connectivity index (χ0) is 14.3. The molecule has 0 amide bonds. The average Bonchev–Trinajstić information content (AvgIpc) is 2.36. The van der Waals surface area contributed by atoms with Gasteiger partial charge in [0, 0.05) is 25.1 Å². The van der Waals surface area contributed by atoms with Crippen LogP contribution >= 0.6 is 0 Å². The van der Waals surface area contributed by atoms with Crippen molar-refractivity contribution >= 4 is 18.6 Å². The first-order chi connectivity index (χ1) is 9.02. The topological polar surface area (TPSA) is 117 Å². The summed E-state index contributed by atoms with van der Waals surface area (Å²) in [5.74, 6) is 0.129. The van der Waals surface area contributed by atoms with E-state index in [4.69, 9.17) is 15.2 Å². The van der Waals surface area contributed by atoms with Crippen molar-refractivity contribution in [1.29, 1.82) is 0 Å². The maximum absolute atomic E-state index is 11.3. The van der Waals surface area contributed by atoms with E-state index in [1.165, 1.54) is 24.3 Å². The van der Waals surface area contributed by atoms with Gasteiger partial charge in [-0.2, -0.15) is 0 Å². The van der Waals surface area contributed by atoms with Gasteiger partial charge in [-0.1, -0.05) is 0 Å². The molecular weight excluding hydrogens is 254 g/mol. The normalized spacial score (nSPS) is 11.4. The number of hydrogen-bond donors (Lipinski definition) is 1. The largest absolute Gasteiger partial charge is 0.515 e. The van der Waals surface area contributed by atoms with Gasteiger partial charge in [0.05, 0.1) is 4.92 Å². The zero-order valence-corrected chi connectivity index (χ0v) is 10.0. The lowest BCUT2D eigenvalue weighted by Gasteiger charge is -2.11. The predicted molar refractivity (Wildman–Crippen MR) is 67.2 cm³/mol. The van der Waals surface area contributed by atoms with Crippen LogP contribution in [0.1, 0.15) is 6.42 Å². The van der Waals surface area contributed by atoms with Crippen LogP contribution in [0.4, 0.5) is 10.5 Å². The number of carbonyl (C=O) groups is 1. The van der Waals surface area contributed by atoms with Crippen molar-refractivity contribution in [2.24, 2.45) is 10.7 Å². The Hall–Kier alpha value is -2.48. The molecule has 0 fully saturated rings. The van der Waals surface area contributed by atoms with E-state index >= 15 is 0 Å². The monoisotopic (exact) mass is 267 g/mol. The van der Waals surface area contributed by atoms with Crippen LogP contribution in [0.25, 0.3) is 0 Å². The van der Waals surface area contributed by atoms with Gasteiger partial charge in [0.1, 0.15) is 5.75 Å². The SMILES string of the molecule is C=NCCC(N)OC(=O)Oc1ccc([N+](=O)[O-])cc1. The van der Waals surface area contributed by atoms with Crippen LogP contribution < -0.4 is 10.5 Å². The number of nitro benzene ring substituents is 1. The van der Waals surface area contributed by atoms with E-state index in [0.29, 0.717) is 13.0 Å². The number of ether oxygens (including phenoxy) is 2. The summed E-state index contributed by atoms with van der Waals surface area (Å²) in [5.41, 5.74) is 5.38. The summed E-state index contributed by atoms with van der Waals surface area (Å²) in [6.07, 6.45) is -1.49. The molecule has 1 aromatic rings. The number of aliphatic imine (C=N–C) groups is 1. The Balaban J connectivity index is 2.47. The van der Waals surface area contributed by atoms with Crippen molar-refractivity contribution in [3.63, 3.8) is 0 Å². The van der Waals surface area contributed by atoms with Gasteiger partial charge >= 0.3 is 6.16 Å². The van der Waals surface area contributed by atoms with Crippen LogP contribution in [0.3, 0.4) is 0 Å². The summed E-state index contributed by atoms with van der Waals surface area (Å²) in [5, 5.41) is 10.4. The minimum atomic E-state index is -0.981. The standard InChI is InChI=1S/C11H13N3O5/c1-13-7-6-10(12)19-11(15)18-9-4-2-8(3-5-9)14(16)17/h2-5,10H,1,6-7,12H2. The van der Waals surface area contributed by atoms with E-state index < -0.39 is 17.3 Å². The number of rotatable bonds is 6. The third kappa shape index (κ3) is 5.13. The van der Waals surface area contributed by atoms with Gasteiger partial charge in [0.25, 0.3) is 5.69 Å². The maximum Gasteiger partial charge on any atom is 0.515 e. The van der Waals surface area contributed by atoms with Crippen LogP contribution in [-0.2, 0) is 4.74 Å². The van der Waals surface area contributed by atoms with E-state index in [-0.39, 0.29) is 11.4 Å². The van der Waals surface area contributed by atoms with Crippen molar-refractivity contribution in [2.45, 2.75) is 12.6 Å². The number of carbonyl (C=O) groups excluding carboxylic acids is 1. The smallest absolute Gasteiger partial charge is 0.415 e. The van der Waals surface area contributed by atoms with E-state index in [9.17, 15) is 14.9 Å². The predicted octanol–water partition coefficient (Wildman–Crippen LogP) is 1.49. The highest BCUT2D eigenvalue weighted by molar-refractivity contribution is 5.64. The van der Waals surface area contributed by atoms with Crippen LogP contribution in [0.5, 0.6) is 5.75 Å². The fourth-order valence-corrected chi connectivity index (χ4v) is 1.16. The van der Waals surface area contributed by atoms with E-state index in [1.807, 2.05) is 0 Å². The van der Waals surface area contributed by atoms with E-state index in [0.717, 1.165) is 0 Å². The summed E-state index contributed by atoms with van der Waals surface area (Å²) < 4.78 is 9.52. The first kappa shape index (κ1) is 14.6. The molecule has 1 unspecified atom stereocenters. The number of nitro groups is 1. The molecule has 0 saturated heterocycles. The summed E-state index contributed by atoms with van der Waals surface area (Å²) in [6.45, 7) is 3.64. The van der Waals surface area contributed by atoms with Crippen LogP contribution in [0.2, 0.25) is 0 Å². The van der Waals surface area contributed by atoms with Crippen LogP contribution in [-0.4, -0.2) is 30.6 Å². The molecule has 0 heterocycles. The molecule has 0 spiro atoms. The van der Waals surface area contributed by atoms with Crippen molar-refractivity contribution in [3.8, 4) is 5.75 Å². The second-order valence-electron chi connectivity index (χ2n) is 3.50. The molecule has 1 aromatic carbocycles. The minimum absolute atomic E-state index is 0.102. The highest BCUT2D eigenvalue weighted by Gasteiger charge is 2.12. The lowest BCUT2D eigenvalue weighted by molar-refractivity contribution is -0.384. The summed E-state index contributed by atoms with van der Waals surface area (Å²) in [7, 11) is 0. The Labute approximate surface area is 109 Å². The fourth-order valence-electron chi connectivity index (χ4n) is 1.16. The lowest BCUT2D eigenvalue weighted by atomic mass is 10.3. The number of nitrogens with zero attached hydrogens (tertiary/aromatic N) is 2. The quantitative estimate of drug-likeness (QED) is 0.208. The summed E-state index contributed by atoms with van der Waals surface area (Å²) in [6, 6.07) is 5.00. The Kier molecular flexibility index (Phi) is 5.42. The molecule has 0 bridgehead atoms. The minimum Gasteiger partial charge on any atom is -0.415 e. The molecule has 0 aromatic heterocycles. The first-order valence-corrected chi connectivity index (χ1v) is 5.34. The Bertz CT molecular complexity index is 460. The molecular formula is C11H13N3O5. The molecule has 2 N–H and O–H groups in total. The van der Waals surface area contributed by atoms with Gasteiger partial charge in [0.2, 0.25) is 0 Å². The van der Waals surface area contributed by atoms with E-state index in [1.54, 1.807) is 0 Å².